The monoisotopic (exact) mass is 293 g/mol. The molecule has 0 atom stereocenters. The van der Waals surface area contributed by atoms with E-state index in [-0.39, 0.29) is 17.7 Å². The van der Waals surface area contributed by atoms with Crippen LogP contribution in [0.5, 0.6) is 0 Å². The third-order valence-corrected chi connectivity index (χ3v) is 4.21. The Morgan fingerprint density at radius 3 is 2.62 bits per heavy atom. The predicted molar refractivity (Wildman–Crippen MR) is 77.4 cm³/mol. The zero-order valence-electron chi connectivity index (χ0n) is 12.5. The Kier molecular flexibility index (Phi) is 4.98. The van der Waals surface area contributed by atoms with Crippen LogP contribution in [0.1, 0.15) is 50.6 Å². The normalized spacial score (nSPS) is 17.4. The number of amides is 1. The zero-order valence-corrected chi connectivity index (χ0v) is 12.5. The van der Waals surface area contributed by atoms with Gasteiger partial charge in [0.1, 0.15) is 0 Å². The number of rotatable bonds is 6. The van der Waals surface area contributed by atoms with Crippen molar-refractivity contribution in [3.05, 3.63) is 18.0 Å². The molecule has 6 heteroatoms. The number of carbonyl (C=O) groups excluding carboxylic acids is 1. The largest absolute Gasteiger partial charge is 0.481 e. The van der Waals surface area contributed by atoms with Crippen molar-refractivity contribution in [2.24, 2.45) is 12.5 Å². The molecule has 0 aliphatic heterocycles. The van der Waals surface area contributed by atoms with Crippen LogP contribution in [0.3, 0.4) is 0 Å². The van der Waals surface area contributed by atoms with Crippen LogP contribution in [0, 0.1) is 5.41 Å². The summed E-state index contributed by atoms with van der Waals surface area (Å²) in [5.41, 5.74) is 0.444. The number of nitrogens with one attached hydrogen (secondary N) is 1. The molecule has 1 fully saturated rings. The van der Waals surface area contributed by atoms with Crippen LogP contribution in [0.25, 0.3) is 0 Å². The molecule has 1 aromatic heterocycles. The van der Waals surface area contributed by atoms with Crippen molar-refractivity contribution in [2.75, 3.05) is 0 Å². The fourth-order valence-electron chi connectivity index (χ4n) is 3.19. The maximum atomic E-state index is 12.1. The Bertz CT molecular complexity index is 504. The van der Waals surface area contributed by atoms with Gasteiger partial charge in [0.15, 0.2) is 0 Å². The highest BCUT2D eigenvalue weighted by Gasteiger charge is 2.36. The van der Waals surface area contributed by atoms with Gasteiger partial charge in [-0.3, -0.25) is 14.3 Å². The van der Waals surface area contributed by atoms with Gasteiger partial charge in [-0.05, 0) is 24.3 Å². The van der Waals surface area contributed by atoms with Crippen molar-refractivity contribution < 1.29 is 14.7 Å². The molecule has 0 saturated heterocycles. The molecule has 0 radical (unpaired) electrons. The number of aromatic nitrogens is 2. The second-order valence-electron chi connectivity index (χ2n) is 6.07. The topological polar surface area (TPSA) is 84.2 Å². The fraction of sp³-hybridized carbons (Fsp3) is 0.667. The Hall–Kier alpha value is -1.85. The first-order chi connectivity index (χ1) is 9.99. The molecule has 1 saturated carbocycles. The number of carboxylic acids is 1. The van der Waals surface area contributed by atoms with Gasteiger partial charge in [0.05, 0.1) is 18.7 Å². The first-order valence-corrected chi connectivity index (χ1v) is 7.46. The molecule has 2 rings (SSSR count). The van der Waals surface area contributed by atoms with Gasteiger partial charge in [-0.15, -0.1) is 0 Å². The fourth-order valence-corrected chi connectivity index (χ4v) is 3.19. The molecule has 1 heterocycles. The number of carboxylic acid groups (broad SMARTS) is 1. The van der Waals surface area contributed by atoms with Gasteiger partial charge in [0, 0.05) is 19.7 Å². The number of hydrogen-bond acceptors (Lipinski definition) is 3. The van der Waals surface area contributed by atoms with Crippen molar-refractivity contribution in [1.82, 2.24) is 15.1 Å². The van der Waals surface area contributed by atoms with E-state index in [1.165, 1.54) is 0 Å². The van der Waals surface area contributed by atoms with Crippen molar-refractivity contribution in [1.29, 1.82) is 0 Å². The summed E-state index contributed by atoms with van der Waals surface area (Å²) in [7, 11) is 1.83. The van der Waals surface area contributed by atoms with Crippen LogP contribution in [0.2, 0.25) is 0 Å². The molecule has 116 valence electrons. The van der Waals surface area contributed by atoms with Crippen LogP contribution in [-0.4, -0.2) is 26.8 Å². The quantitative estimate of drug-likeness (QED) is 0.838. The lowest BCUT2D eigenvalue weighted by Crippen LogP contribution is -2.35. The summed E-state index contributed by atoms with van der Waals surface area (Å²) in [4.78, 5) is 23.2. The lowest BCUT2D eigenvalue weighted by molar-refractivity contribution is -0.141. The number of carbonyl (C=O) groups is 2. The highest BCUT2D eigenvalue weighted by atomic mass is 16.4. The first-order valence-electron chi connectivity index (χ1n) is 7.46. The molecular weight excluding hydrogens is 270 g/mol. The van der Waals surface area contributed by atoms with Crippen LogP contribution >= 0.6 is 0 Å². The predicted octanol–water partition coefficient (Wildman–Crippen LogP) is 1.85. The standard InChI is InChI=1S/C15H23N3O3/c1-18-8-5-12(17-18)11-16-13(19)9-15(10-14(20)21)6-3-2-4-7-15/h5,8H,2-4,6-7,9-11H2,1H3,(H,16,19)(H,20,21). The Balaban J connectivity index is 1.89. The van der Waals surface area contributed by atoms with E-state index < -0.39 is 5.97 Å². The summed E-state index contributed by atoms with van der Waals surface area (Å²) in [6, 6.07) is 1.86. The molecule has 0 unspecified atom stereocenters. The second kappa shape index (κ2) is 6.74. The highest BCUT2D eigenvalue weighted by Crippen LogP contribution is 2.42. The van der Waals surface area contributed by atoms with Crippen LogP contribution in [0.4, 0.5) is 0 Å². The maximum absolute atomic E-state index is 12.1. The summed E-state index contributed by atoms with van der Waals surface area (Å²) < 4.78 is 1.69. The van der Waals surface area contributed by atoms with E-state index in [4.69, 9.17) is 5.11 Å². The van der Waals surface area contributed by atoms with Crippen molar-refractivity contribution >= 4 is 11.9 Å². The summed E-state index contributed by atoms with van der Waals surface area (Å²) >= 11 is 0. The number of aliphatic carboxylic acids is 1. The molecule has 0 aromatic carbocycles. The number of aryl methyl sites for hydroxylation is 1. The van der Waals surface area contributed by atoms with Crippen LogP contribution < -0.4 is 5.32 Å². The number of nitrogens with zero attached hydrogens (tertiary/aromatic N) is 2. The molecule has 0 bridgehead atoms. The minimum Gasteiger partial charge on any atom is -0.481 e. The number of hydrogen-bond donors (Lipinski definition) is 2. The smallest absolute Gasteiger partial charge is 0.303 e. The molecular formula is C15H23N3O3. The van der Waals surface area contributed by atoms with E-state index in [0.29, 0.717) is 13.0 Å². The molecule has 1 aromatic rings. The minimum absolute atomic E-state index is 0.0798. The van der Waals surface area contributed by atoms with Gasteiger partial charge >= 0.3 is 5.97 Å². The average molecular weight is 293 g/mol. The van der Waals surface area contributed by atoms with Crippen molar-refractivity contribution in [3.8, 4) is 0 Å². The van der Waals surface area contributed by atoms with Crippen LogP contribution in [-0.2, 0) is 23.2 Å². The van der Waals surface area contributed by atoms with Crippen molar-refractivity contribution in [2.45, 2.75) is 51.5 Å². The molecule has 1 aliphatic rings. The summed E-state index contributed by atoms with van der Waals surface area (Å²) in [6.45, 7) is 0.392. The van der Waals surface area contributed by atoms with E-state index in [0.717, 1.165) is 37.8 Å². The van der Waals surface area contributed by atoms with Gasteiger partial charge in [-0.25, -0.2) is 0 Å². The summed E-state index contributed by atoms with van der Waals surface area (Å²) in [6.07, 6.45) is 7.04. The van der Waals surface area contributed by atoms with E-state index >= 15 is 0 Å². The van der Waals surface area contributed by atoms with Gasteiger partial charge in [-0.1, -0.05) is 19.3 Å². The molecule has 0 spiro atoms. The zero-order chi connectivity index (χ0) is 15.3. The van der Waals surface area contributed by atoms with E-state index in [1.54, 1.807) is 4.68 Å². The summed E-state index contributed by atoms with van der Waals surface area (Å²) in [5, 5.41) is 16.2. The van der Waals surface area contributed by atoms with Gasteiger partial charge < -0.3 is 10.4 Å². The minimum atomic E-state index is -0.811. The van der Waals surface area contributed by atoms with Crippen molar-refractivity contribution in [3.63, 3.8) is 0 Å². The lowest BCUT2D eigenvalue weighted by Gasteiger charge is -2.35. The van der Waals surface area contributed by atoms with Gasteiger partial charge in [-0.2, -0.15) is 5.10 Å². The third-order valence-electron chi connectivity index (χ3n) is 4.21. The SMILES string of the molecule is Cn1ccc(CNC(=O)CC2(CC(=O)O)CCCCC2)n1. The van der Waals surface area contributed by atoms with Gasteiger partial charge in [0.2, 0.25) is 5.91 Å². The van der Waals surface area contributed by atoms with E-state index in [9.17, 15) is 9.59 Å². The third kappa shape index (κ3) is 4.58. The first kappa shape index (κ1) is 15.5. The molecule has 6 nitrogen and oxygen atoms in total. The maximum Gasteiger partial charge on any atom is 0.303 e. The molecule has 2 N–H and O–H groups in total. The van der Waals surface area contributed by atoms with E-state index in [2.05, 4.69) is 10.4 Å². The molecule has 1 aliphatic carbocycles. The Labute approximate surface area is 124 Å². The van der Waals surface area contributed by atoms with Crippen LogP contribution in [0.15, 0.2) is 12.3 Å². The molecule has 21 heavy (non-hydrogen) atoms. The Morgan fingerprint density at radius 2 is 2.05 bits per heavy atom. The van der Waals surface area contributed by atoms with E-state index in [1.807, 2.05) is 19.3 Å². The highest BCUT2D eigenvalue weighted by molar-refractivity contribution is 5.78. The Morgan fingerprint density at radius 1 is 1.33 bits per heavy atom. The lowest BCUT2D eigenvalue weighted by atomic mass is 9.69. The average Bonchev–Trinajstić information content (AvgIpc) is 2.82. The summed E-state index contributed by atoms with van der Waals surface area (Å²) in [5.74, 6) is -0.891. The molecule has 1 amide bonds. The second-order valence-corrected chi connectivity index (χ2v) is 6.07. The van der Waals surface area contributed by atoms with Gasteiger partial charge in [0.25, 0.3) is 0 Å².